The van der Waals surface area contributed by atoms with Crippen LogP contribution in [0.25, 0.3) is 11.2 Å². The summed E-state index contributed by atoms with van der Waals surface area (Å²) in [6, 6.07) is 3.67. The molecule has 4 heterocycles. The Morgan fingerprint density at radius 3 is 3.00 bits per heavy atom. The van der Waals surface area contributed by atoms with Crippen LogP contribution in [0.4, 0.5) is 11.6 Å². The minimum atomic E-state index is -0.132. The van der Waals surface area contributed by atoms with Gasteiger partial charge in [-0.3, -0.25) is 9.13 Å². The summed E-state index contributed by atoms with van der Waals surface area (Å²) in [6.45, 7) is 1.65. The molecule has 1 N–H and O–H groups in total. The van der Waals surface area contributed by atoms with Crippen molar-refractivity contribution in [3.63, 3.8) is 0 Å². The van der Waals surface area contributed by atoms with Crippen molar-refractivity contribution in [3.8, 4) is 5.75 Å². The van der Waals surface area contributed by atoms with E-state index in [4.69, 9.17) is 25.8 Å². The van der Waals surface area contributed by atoms with Crippen LogP contribution in [-0.4, -0.2) is 52.1 Å². The Labute approximate surface area is 183 Å². The van der Waals surface area contributed by atoms with E-state index < -0.39 is 0 Å². The molecule has 0 radical (unpaired) electrons. The molecule has 2 aliphatic rings. The Kier molecular flexibility index (Phi) is 5.33. The van der Waals surface area contributed by atoms with E-state index in [9.17, 15) is 4.79 Å². The standard InChI is InChI=1S/C21H24ClN5O4/c1-26-17-9-23-20(24-16-7-12-5-6-30-18(12)8-15(16)22)25-19(17)27(21(26)28)13-3-4-14(11-29-2)31-10-13/h7-9,13-14H,3-6,10-11H2,1-2H3,(H,23,24,25). The lowest BCUT2D eigenvalue weighted by molar-refractivity contribution is -0.0484. The van der Waals surface area contributed by atoms with E-state index in [1.807, 2.05) is 6.07 Å². The predicted octanol–water partition coefficient (Wildman–Crippen LogP) is 2.83. The van der Waals surface area contributed by atoms with Gasteiger partial charge in [0.05, 0.1) is 48.9 Å². The van der Waals surface area contributed by atoms with E-state index in [-0.39, 0.29) is 17.8 Å². The highest BCUT2D eigenvalue weighted by Gasteiger charge is 2.27. The van der Waals surface area contributed by atoms with Crippen LogP contribution in [-0.2, 0) is 22.9 Å². The lowest BCUT2D eigenvalue weighted by atomic mass is 10.1. The fraction of sp³-hybridized carbons (Fsp3) is 0.476. The third kappa shape index (κ3) is 3.66. The second-order valence-corrected chi connectivity index (χ2v) is 8.33. The highest BCUT2D eigenvalue weighted by Crippen LogP contribution is 2.35. The van der Waals surface area contributed by atoms with E-state index in [1.165, 1.54) is 0 Å². The highest BCUT2D eigenvalue weighted by molar-refractivity contribution is 6.33. The molecule has 9 nitrogen and oxygen atoms in total. The molecule has 0 spiro atoms. The van der Waals surface area contributed by atoms with E-state index in [0.717, 1.165) is 30.6 Å². The first kappa shape index (κ1) is 20.3. The molecule has 1 fully saturated rings. The number of aromatic nitrogens is 4. The van der Waals surface area contributed by atoms with E-state index in [2.05, 4.69) is 15.3 Å². The van der Waals surface area contributed by atoms with Gasteiger partial charge >= 0.3 is 5.69 Å². The van der Waals surface area contributed by atoms with Crippen LogP contribution in [0.3, 0.4) is 0 Å². The minimum absolute atomic E-state index is 0.0599. The van der Waals surface area contributed by atoms with Gasteiger partial charge in [-0.05, 0) is 24.5 Å². The maximum Gasteiger partial charge on any atom is 0.330 e. The zero-order valence-electron chi connectivity index (χ0n) is 17.4. The second kappa shape index (κ2) is 8.14. The minimum Gasteiger partial charge on any atom is -0.493 e. The third-order valence-electron chi connectivity index (χ3n) is 5.92. The number of benzene rings is 1. The molecule has 1 aromatic carbocycles. The molecule has 0 saturated carbocycles. The van der Waals surface area contributed by atoms with Crippen molar-refractivity contribution >= 4 is 34.4 Å². The summed E-state index contributed by atoms with van der Waals surface area (Å²) in [4.78, 5) is 22.0. The van der Waals surface area contributed by atoms with Gasteiger partial charge in [-0.15, -0.1) is 0 Å². The molecule has 10 heteroatoms. The van der Waals surface area contributed by atoms with Crippen LogP contribution in [0.15, 0.2) is 23.1 Å². The van der Waals surface area contributed by atoms with E-state index in [1.54, 1.807) is 35.6 Å². The van der Waals surface area contributed by atoms with Gasteiger partial charge in [0.1, 0.15) is 11.3 Å². The molecule has 1 saturated heterocycles. The molecule has 0 amide bonds. The second-order valence-electron chi connectivity index (χ2n) is 7.92. The number of aryl methyl sites for hydroxylation is 1. The Bertz CT molecular complexity index is 1180. The van der Waals surface area contributed by atoms with Gasteiger partial charge in [0.25, 0.3) is 0 Å². The van der Waals surface area contributed by atoms with Crippen LogP contribution in [0.2, 0.25) is 5.02 Å². The summed E-state index contributed by atoms with van der Waals surface area (Å²) in [6.07, 6.45) is 4.20. The fourth-order valence-electron chi connectivity index (χ4n) is 4.25. The van der Waals surface area contributed by atoms with Crippen LogP contribution < -0.4 is 15.7 Å². The number of nitrogens with zero attached hydrogens (tertiary/aromatic N) is 4. The van der Waals surface area contributed by atoms with Crippen molar-refractivity contribution in [2.75, 3.05) is 32.2 Å². The summed E-state index contributed by atoms with van der Waals surface area (Å²) < 4.78 is 19.9. The topological polar surface area (TPSA) is 92.4 Å². The lowest BCUT2D eigenvalue weighted by Crippen LogP contribution is -2.35. The smallest absolute Gasteiger partial charge is 0.330 e. The Hall–Kier alpha value is -2.62. The summed E-state index contributed by atoms with van der Waals surface area (Å²) >= 11 is 6.41. The lowest BCUT2D eigenvalue weighted by Gasteiger charge is -2.29. The summed E-state index contributed by atoms with van der Waals surface area (Å²) in [5, 5.41) is 3.72. The number of halogens is 1. The van der Waals surface area contributed by atoms with Crippen molar-refractivity contribution < 1.29 is 14.2 Å². The van der Waals surface area contributed by atoms with Crippen LogP contribution in [0.1, 0.15) is 24.4 Å². The number of anilines is 2. The quantitative estimate of drug-likeness (QED) is 0.645. The zero-order valence-corrected chi connectivity index (χ0v) is 18.2. The third-order valence-corrected chi connectivity index (χ3v) is 6.23. The van der Waals surface area contributed by atoms with Crippen LogP contribution in [0.5, 0.6) is 5.75 Å². The normalized spacial score (nSPS) is 20.6. The average molecular weight is 446 g/mol. The number of imidazole rings is 1. The van der Waals surface area contributed by atoms with E-state index in [0.29, 0.717) is 47.6 Å². The van der Waals surface area contributed by atoms with Gasteiger partial charge in [-0.1, -0.05) is 11.6 Å². The Morgan fingerprint density at radius 1 is 1.35 bits per heavy atom. The molecule has 164 valence electrons. The number of rotatable bonds is 5. The fourth-order valence-corrected chi connectivity index (χ4v) is 4.46. The molecule has 2 atom stereocenters. The maximum absolute atomic E-state index is 13.0. The van der Waals surface area contributed by atoms with Gasteiger partial charge in [-0.25, -0.2) is 9.78 Å². The number of hydrogen-bond acceptors (Lipinski definition) is 7. The summed E-state index contributed by atoms with van der Waals surface area (Å²) in [5.74, 6) is 1.19. The van der Waals surface area contributed by atoms with Crippen molar-refractivity contribution in [2.45, 2.75) is 31.4 Å². The maximum atomic E-state index is 13.0. The number of nitrogens with one attached hydrogen (secondary N) is 1. The molecule has 2 unspecified atom stereocenters. The van der Waals surface area contributed by atoms with Crippen molar-refractivity contribution in [2.24, 2.45) is 7.05 Å². The van der Waals surface area contributed by atoms with Gasteiger partial charge in [0, 0.05) is 26.6 Å². The molecular formula is C21H24ClN5O4. The highest BCUT2D eigenvalue weighted by atomic mass is 35.5. The van der Waals surface area contributed by atoms with Crippen LogP contribution in [0, 0.1) is 0 Å². The van der Waals surface area contributed by atoms with Crippen molar-refractivity contribution in [1.82, 2.24) is 19.1 Å². The molecule has 0 aliphatic carbocycles. The number of hydrogen-bond donors (Lipinski definition) is 1. The predicted molar refractivity (Wildman–Crippen MR) is 117 cm³/mol. The first-order chi connectivity index (χ1) is 15.0. The molecule has 2 aromatic heterocycles. The largest absolute Gasteiger partial charge is 0.493 e. The average Bonchev–Trinajstić information content (AvgIpc) is 3.31. The van der Waals surface area contributed by atoms with Crippen LogP contribution >= 0.6 is 11.6 Å². The Morgan fingerprint density at radius 2 is 2.23 bits per heavy atom. The first-order valence-corrected chi connectivity index (χ1v) is 10.7. The van der Waals surface area contributed by atoms with Gasteiger partial charge in [0.2, 0.25) is 5.95 Å². The molecule has 0 bridgehead atoms. The first-order valence-electron chi connectivity index (χ1n) is 10.3. The van der Waals surface area contributed by atoms with E-state index >= 15 is 0 Å². The Balaban J connectivity index is 1.47. The van der Waals surface area contributed by atoms with Gasteiger partial charge in [-0.2, -0.15) is 4.98 Å². The van der Waals surface area contributed by atoms with Gasteiger partial charge in [0.15, 0.2) is 5.65 Å². The molecular weight excluding hydrogens is 422 g/mol. The summed E-state index contributed by atoms with van der Waals surface area (Å²) in [7, 11) is 3.39. The molecule has 2 aliphatic heterocycles. The number of ether oxygens (including phenoxy) is 3. The van der Waals surface area contributed by atoms with Crippen molar-refractivity contribution in [1.29, 1.82) is 0 Å². The zero-order chi connectivity index (χ0) is 21.5. The number of methoxy groups -OCH3 is 1. The molecule has 31 heavy (non-hydrogen) atoms. The van der Waals surface area contributed by atoms with Gasteiger partial charge < -0.3 is 19.5 Å². The molecule has 5 rings (SSSR count). The SMILES string of the molecule is COCC1CCC(n2c(=O)n(C)c3cnc(Nc4cc5c(cc4Cl)OCC5)nc32)CO1. The molecule has 3 aromatic rings. The summed E-state index contributed by atoms with van der Waals surface area (Å²) in [5.41, 5.74) is 2.91. The number of fused-ring (bicyclic) bond motifs is 2. The van der Waals surface area contributed by atoms with Crippen molar-refractivity contribution in [3.05, 3.63) is 39.4 Å². The monoisotopic (exact) mass is 445 g/mol.